The molecule has 0 fully saturated rings. The minimum atomic E-state index is -3.59. The standard InChI is InChI=1S/C21H23N5O4S2/c1-4-25(5-2)32(29,30)18-12-8-16(9-13-18)24-20-19(26(27)28)21(23-14-22-20)31-17-10-6-15(3)7-11-17/h6-14H,4-5H2,1-3H3,(H,22,23,24). The Morgan fingerprint density at radius 1 is 1.03 bits per heavy atom. The Hall–Kier alpha value is -3.02. The van der Waals surface area contributed by atoms with E-state index in [2.05, 4.69) is 15.3 Å². The highest BCUT2D eigenvalue weighted by atomic mass is 32.2. The smallest absolute Gasteiger partial charge is 0.334 e. The fourth-order valence-corrected chi connectivity index (χ4v) is 5.29. The number of hydrogen-bond acceptors (Lipinski definition) is 8. The molecule has 0 aliphatic heterocycles. The van der Waals surface area contributed by atoms with Crippen molar-refractivity contribution in [1.82, 2.24) is 14.3 Å². The summed E-state index contributed by atoms with van der Waals surface area (Å²) in [6.07, 6.45) is 1.26. The SMILES string of the molecule is CCN(CC)S(=O)(=O)c1ccc(Nc2ncnc(Sc3ccc(C)cc3)c2[N+](=O)[O-])cc1. The molecule has 0 aliphatic rings. The number of benzene rings is 2. The van der Waals surface area contributed by atoms with Crippen molar-refractivity contribution in [2.24, 2.45) is 0 Å². The first kappa shape index (κ1) is 23.6. The van der Waals surface area contributed by atoms with Crippen LogP contribution in [0.4, 0.5) is 17.2 Å². The molecule has 3 rings (SSSR count). The summed E-state index contributed by atoms with van der Waals surface area (Å²) in [4.78, 5) is 20.4. The van der Waals surface area contributed by atoms with Crippen LogP contribution in [0.5, 0.6) is 0 Å². The minimum absolute atomic E-state index is 0.0268. The van der Waals surface area contributed by atoms with Crippen molar-refractivity contribution < 1.29 is 13.3 Å². The summed E-state index contributed by atoms with van der Waals surface area (Å²) in [6, 6.07) is 13.6. The fourth-order valence-electron chi connectivity index (χ4n) is 2.97. The molecule has 1 heterocycles. The molecule has 1 N–H and O–H groups in total. The molecule has 0 spiro atoms. The number of aromatic nitrogens is 2. The first-order valence-corrected chi connectivity index (χ1v) is 12.1. The number of aryl methyl sites for hydroxylation is 1. The molecule has 168 valence electrons. The Labute approximate surface area is 191 Å². The molecular formula is C21H23N5O4S2. The fraction of sp³-hybridized carbons (Fsp3) is 0.238. The topological polar surface area (TPSA) is 118 Å². The van der Waals surface area contributed by atoms with E-state index in [4.69, 9.17) is 0 Å². The van der Waals surface area contributed by atoms with Crippen LogP contribution in [-0.2, 0) is 10.0 Å². The zero-order valence-corrected chi connectivity index (χ0v) is 19.5. The van der Waals surface area contributed by atoms with E-state index < -0.39 is 14.9 Å². The van der Waals surface area contributed by atoms with Gasteiger partial charge in [-0.05, 0) is 43.3 Å². The summed E-state index contributed by atoms with van der Waals surface area (Å²) >= 11 is 1.17. The molecular weight excluding hydrogens is 450 g/mol. The van der Waals surface area contributed by atoms with Crippen molar-refractivity contribution in [2.45, 2.75) is 35.6 Å². The van der Waals surface area contributed by atoms with E-state index in [0.29, 0.717) is 18.8 Å². The summed E-state index contributed by atoms with van der Waals surface area (Å²) < 4.78 is 26.6. The maximum absolute atomic E-state index is 12.6. The highest BCUT2D eigenvalue weighted by Gasteiger charge is 2.25. The van der Waals surface area contributed by atoms with Crippen molar-refractivity contribution in [3.8, 4) is 0 Å². The second-order valence-electron chi connectivity index (χ2n) is 6.79. The van der Waals surface area contributed by atoms with Gasteiger partial charge in [-0.2, -0.15) is 4.31 Å². The Bertz CT molecular complexity index is 1200. The zero-order valence-electron chi connectivity index (χ0n) is 17.8. The van der Waals surface area contributed by atoms with Gasteiger partial charge in [0.1, 0.15) is 6.33 Å². The van der Waals surface area contributed by atoms with Crippen molar-refractivity contribution >= 4 is 39.0 Å². The van der Waals surface area contributed by atoms with Crippen LogP contribution >= 0.6 is 11.8 Å². The van der Waals surface area contributed by atoms with Crippen molar-refractivity contribution in [3.05, 3.63) is 70.5 Å². The van der Waals surface area contributed by atoms with Gasteiger partial charge in [0.15, 0.2) is 5.03 Å². The largest absolute Gasteiger partial charge is 0.343 e. The van der Waals surface area contributed by atoms with E-state index >= 15 is 0 Å². The van der Waals surface area contributed by atoms with Crippen molar-refractivity contribution in [3.63, 3.8) is 0 Å². The summed E-state index contributed by atoms with van der Waals surface area (Å²) in [5.74, 6) is 0.0268. The van der Waals surface area contributed by atoms with Gasteiger partial charge in [0.25, 0.3) is 0 Å². The Morgan fingerprint density at radius 2 is 1.66 bits per heavy atom. The number of nitro groups is 1. The molecule has 0 amide bonds. The summed E-state index contributed by atoms with van der Waals surface area (Å²) in [7, 11) is -3.59. The van der Waals surface area contributed by atoms with E-state index in [1.165, 1.54) is 34.5 Å². The Morgan fingerprint density at radius 3 is 2.22 bits per heavy atom. The van der Waals surface area contributed by atoms with Gasteiger partial charge in [-0.15, -0.1) is 0 Å². The Kier molecular flexibility index (Phi) is 7.44. The van der Waals surface area contributed by atoms with Crippen LogP contribution in [0, 0.1) is 17.0 Å². The lowest BCUT2D eigenvalue weighted by molar-refractivity contribution is -0.387. The lowest BCUT2D eigenvalue weighted by Gasteiger charge is -2.18. The maximum atomic E-state index is 12.6. The van der Waals surface area contributed by atoms with Gasteiger partial charge in [-0.3, -0.25) is 10.1 Å². The number of nitrogens with zero attached hydrogens (tertiary/aromatic N) is 4. The van der Waals surface area contributed by atoms with Crippen molar-refractivity contribution in [1.29, 1.82) is 0 Å². The second-order valence-corrected chi connectivity index (χ2v) is 9.79. The molecule has 2 aromatic carbocycles. The van der Waals surface area contributed by atoms with E-state index in [0.717, 1.165) is 10.5 Å². The molecule has 1 aromatic heterocycles. The first-order chi connectivity index (χ1) is 15.3. The van der Waals surface area contributed by atoms with Gasteiger partial charge in [0.2, 0.25) is 15.8 Å². The molecule has 0 atom stereocenters. The van der Waals surface area contributed by atoms with Gasteiger partial charge in [-0.25, -0.2) is 18.4 Å². The van der Waals surface area contributed by atoms with E-state index in [1.807, 2.05) is 31.2 Å². The van der Waals surface area contributed by atoms with E-state index in [1.54, 1.807) is 26.0 Å². The summed E-state index contributed by atoms with van der Waals surface area (Å²) in [5, 5.41) is 14.9. The monoisotopic (exact) mass is 473 g/mol. The number of nitrogens with one attached hydrogen (secondary N) is 1. The molecule has 0 radical (unpaired) electrons. The number of hydrogen-bond donors (Lipinski definition) is 1. The molecule has 32 heavy (non-hydrogen) atoms. The maximum Gasteiger partial charge on any atom is 0.343 e. The predicted octanol–water partition coefficient (Wildman–Crippen LogP) is 4.62. The number of rotatable bonds is 9. The molecule has 11 heteroatoms. The van der Waals surface area contributed by atoms with Crippen LogP contribution in [0.25, 0.3) is 0 Å². The van der Waals surface area contributed by atoms with Gasteiger partial charge in [0.05, 0.1) is 9.82 Å². The number of anilines is 2. The highest BCUT2D eigenvalue weighted by Crippen LogP contribution is 2.37. The molecule has 3 aromatic rings. The van der Waals surface area contributed by atoms with Crippen LogP contribution in [0.2, 0.25) is 0 Å². The molecule has 0 saturated heterocycles. The molecule has 9 nitrogen and oxygen atoms in total. The quantitative estimate of drug-likeness (QED) is 0.272. The van der Waals surface area contributed by atoms with E-state index in [9.17, 15) is 18.5 Å². The normalized spacial score (nSPS) is 11.5. The summed E-state index contributed by atoms with van der Waals surface area (Å²) in [5.41, 5.74) is 1.30. The minimum Gasteiger partial charge on any atom is -0.334 e. The third-order valence-electron chi connectivity index (χ3n) is 4.67. The third kappa shape index (κ3) is 5.23. The van der Waals surface area contributed by atoms with Gasteiger partial charge >= 0.3 is 5.69 Å². The molecule has 0 bridgehead atoms. The van der Waals surface area contributed by atoms with E-state index in [-0.39, 0.29) is 21.4 Å². The van der Waals surface area contributed by atoms with Crippen LogP contribution < -0.4 is 5.32 Å². The first-order valence-electron chi connectivity index (χ1n) is 9.87. The third-order valence-corrected chi connectivity index (χ3v) is 7.73. The van der Waals surface area contributed by atoms with Crippen molar-refractivity contribution in [2.75, 3.05) is 18.4 Å². The van der Waals surface area contributed by atoms with Gasteiger partial charge in [-0.1, -0.05) is 43.3 Å². The molecule has 0 unspecified atom stereocenters. The van der Waals surface area contributed by atoms with Gasteiger partial charge in [0, 0.05) is 23.7 Å². The zero-order chi connectivity index (χ0) is 23.3. The van der Waals surface area contributed by atoms with Crippen LogP contribution in [0.3, 0.4) is 0 Å². The number of sulfonamides is 1. The molecule has 0 aliphatic carbocycles. The highest BCUT2D eigenvalue weighted by molar-refractivity contribution is 7.99. The Balaban J connectivity index is 1.89. The average molecular weight is 474 g/mol. The summed E-state index contributed by atoms with van der Waals surface area (Å²) in [6.45, 7) is 6.25. The van der Waals surface area contributed by atoms with Crippen LogP contribution in [0.15, 0.2) is 69.7 Å². The van der Waals surface area contributed by atoms with Crippen LogP contribution in [-0.4, -0.2) is 40.7 Å². The lowest BCUT2D eigenvalue weighted by Crippen LogP contribution is -2.30. The molecule has 0 saturated carbocycles. The van der Waals surface area contributed by atoms with Crippen LogP contribution in [0.1, 0.15) is 19.4 Å². The average Bonchev–Trinajstić information content (AvgIpc) is 2.76. The predicted molar refractivity (Wildman–Crippen MR) is 124 cm³/mol. The second kappa shape index (κ2) is 10.1. The lowest BCUT2D eigenvalue weighted by atomic mass is 10.2. The van der Waals surface area contributed by atoms with Gasteiger partial charge < -0.3 is 5.32 Å².